The lowest BCUT2D eigenvalue weighted by molar-refractivity contribution is -0.142. The number of amides is 1. The summed E-state index contributed by atoms with van der Waals surface area (Å²) in [6.45, 7) is 0.656. The van der Waals surface area contributed by atoms with Gasteiger partial charge in [0.15, 0.2) is 16.8 Å². The fourth-order valence-corrected chi connectivity index (χ4v) is 2.41. The summed E-state index contributed by atoms with van der Waals surface area (Å²) in [5.74, 6) is -0.633. The van der Waals surface area contributed by atoms with Crippen molar-refractivity contribution in [1.82, 2.24) is 10.3 Å². The van der Waals surface area contributed by atoms with Gasteiger partial charge >= 0.3 is 5.97 Å². The Morgan fingerprint density at radius 3 is 2.86 bits per heavy atom. The number of furan rings is 1. The Labute approximate surface area is 123 Å². The molecule has 0 radical (unpaired) electrons. The highest BCUT2D eigenvalue weighted by Gasteiger charge is 2.20. The van der Waals surface area contributed by atoms with Gasteiger partial charge in [-0.2, -0.15) is 0 Å². The number of aliphatic carboxylic acids is 1. The summed E-state index contributed by atoms with van der Waals surface area (Å²) in [4.78, 5) is 26.5. The molecule has 1 atom stereocenters. The molecular weight excluding hydrogens is 299 g/mol. The minimum Gasteiger partial charge on any atom is -0.480 e. The highest BCUT2D eigenvalue weighted by Crippen LogP contribution is 2.25. The second-order valence-electron chi connectivity index (χ2n) is 4.34. The average molecular weight is 312 g/mol. The van der Waals surface area contributed by atoms with E-state index in [9.17, 15) is 14.0 Å². The molecule has 0 aliphatic rings. The number of rotatable bonds is 6. The summed E-state index contributed by atoms with van der Waals surface area (Å²) in [6, 6.07) is 2.06. The number of nitrogens with zero attached hydrogens (tertiary/aromatic N) is 1. The maximum absolute atomic E-state index is 12.4. The molecule has 2 rings (SSSR count). The van der Waals surface area contributed by atoms with Gasteiger partial charge in [0.2, 0.25) is 5.91 Å². The summed E-state index contributed by atoms with van der Waals surface area (Å²) < 4.78 is 17.8. The van der Waals surface area contributed by atoms with E-state index in [1.807, 2.05) is 13.0 Å². The van der Waals surface area contributed by atoms with Crippen LogP contribution in [0, 0.1) is 6.92 Å². The van der Waals surface area contributed by atoms with Crippen LogP contribution in [0.2, 0.25) is 0 Å². The van der Waals surface area contributed by atoms with Crippen LogP contribution in [0.15, 0.2) is 21.9 Å². The van der Waals surface area contributed by atoms with Crippen LogP contribution in [0.4, 0.5) is 4.39 Å². The van der Waals surface area contributed by atoms with Crippen LogP contribution >= 0.6 is 11.3 Å². The number of hydrogen-bond acceptors (Lipinski definition) is 5. The minimum atomic E-state index is -1.52. The number of carbonyl (C=O) groups is 2. The number of nitrogens with one attached hydrogen (secondary N) is 1. The maximum Gasteiger partial charge on any atom is 0.328 e. The number of carboxylic acids is 1. The molecule has 112 valence electrons. The van der Waals surface area contributed by atoms with Crippen molar-refractivity contribution in [2.75, 3.05) is 6.67 Å². The van der Waals surface area contributed by atoms with Crippen LogP contribution in [-0.4, -0.2) is 34.7 Å². The van der Waals surface area contributed by atoms with Crippen LogP contribution in [0.3, 0.4) is 0 Å². The second-order valence-corrected chi connectivity index (χ2v) is 5.20. The van der Waals surface area contributed by atoms with E-state index < -0.39 is 24.6 Å². The number of aryl methyl sites for hydroxylation is 1. The molecule has 1 amide bonds. The molecule has 0 spiro atoms. The number of alkyl halides is 1. The summed E-state index contributed by atoms with van der Waals surface area (Å²) in [7, 11) is 0. The Balaban J connectivity index is 1.99. The first-order valence-electron chi connectivity index (χ1n) is 6.09. The van der Waals surface area contributed by atoms with Crippen LogP contribution in [0.5, 0.6) is 0 Å². The Morgan fingerprint density at radius 2 is 2.29 bits per heavy atom. The number of hydrogen-bond donors (Lipinski definition) is 2. The van der Waals surface area contributed by atoms with Gasteiger partial charge in [0.25, 0.3) is 0 Å². The van der Waals surface area contributed by atoms with Gasteiger partial charge in [0.1, 0.15) is 12.4 Å². The summed E-state index contributed by atoms with van der Waals surface area (Å²) >= 11 is 1.31. The topological polar surface area (TPSA) is 92.4 Å². The molecule has 0 aliphatic heterocycles. The van der Waals surface area contributed by atoms with Crippen molar-refractivity contribution in [3.63, 3.8) is 0 Å². The molecule has 21 heavy (non-hydrogen) atoms. The normalized spacial score (nSPS) is 12.1. The zero-order valence-electron chi connectivity index (χ0n) is 11.1. The van der Waals surface area contributed by atoms with Crippen LogP contribution < -0.4 is 5.32 Å². The smallest absolute Gasteiger partial charge is 0.328 e. The molecule has 0 saturated heterocycles. The van der Waals surface area contributed by atoms with Crippen LogP contribution in [0.25, 0.3) is 10.8 Å². The fourth-order valence-electron chi connectivity index (χ4n) is 1.63. The van der Waals surface area contributed by atoms with Crippen molar-refractivity contribution in [3.05, 3.63) is 29.0 Å². The molecule has 8 heteroatoms. The minimum absolute atomic E-state index is 0.111. The Bertz CT molecular complexity index is 652. The number of halogens is 1. The first-order chi connectivity index (χ1) is 9.99. The molecule has 0 aromatic carbocycles. The highest BCUT2D eigenvalue weighted by atomic mass is 32.1. The molecule has 0 bridgehead atoms. The molecule has 2 N–H and O–H groups in total. The Morgan fingerprint density at radius 1 is 1.52 bits per heavy atom. The van der Waals surface area contributed by atoms with Gasteiger partial charge in [0.05, 0.1) is 12.1 Å². The van der Waals surface area contributed by atoms with Gasteiger partial charge in [-0.3, -0.25) is 4.79 Å². The predicted molar refractivity (Wildman–Crippen MR) is 73.8 cm³/mol. The second kappa shape index (κ2) is 6.49. The number of thiazole rings is 1. The third kappa shape index (κ3) is 3.88. The van der Waals surface area contributed by atoms with Crippen LogP contribution in [-0.2, 0) is 16.0 Å². The summed E-state index contributed by atoms with van der Waals surface area (Å²) in [5, 5.41) is 13.1. The van der Waals surface area contributed by atoms with E-state index in [-0.39, 0.29) is 6.42 Å². The molecule has 2 aromatic heterocycles. The Hall–Kier alpha value is -2.22. The first kappa shape index (κ1) is 15.2. The lowest BCUT2D eigenvalue weighted by Crippen LogP contribution is -2.43. The van der Waals surface area contributed by atoms with E-state index in [4.69, 9.17) is 9.52 Å². The lowest BCUT2D eigenvalue weighted by atomic mass is 10.2. The molecule has 1 unspecified atom stereocenters. The number of carbonyl (C=O) groups excluding carboxylic acids is 1. The van der Waals surface area contributed by atoms with E-state index in [0.717, 1.165) is 5.76 Å². The molecule has 0 aliphatic carbocycles. The SMILES string of the molecule is Cc1ccc(-c2nc(CC(=O)NC(CF)C(=O)O)cs2)o1. The molecule has 2 aromatic rings. The summed E-state index contributed by atoms with van der Waals surface area (Å²) in [5.41, 5.74) is 0.476. The van der Waals surface area contributed by atoms with E-state index in [1.54, 1.807) is 11.4 Å². The largest absolute Gasteiger partial charge is 0.480 e. The standard InChI is InChI=1S/C13H13FN2O4S/c1-7-2-3-10(20-7)12-15-8(6-21-12)4-11(17)16-9(5-14)13(18)19/h2-3,6,9H,4-5H2,1H3,(H,16,17)(H,18,19). The molecule has 0 fully saturated rings. The zero-order chi connectivity index (χ0) is 15.4. The average Bonchev–Trinajstić information content (AvgIpc) is 3.04. The highest BCUT2D eigenvalue weighted by molar-refractivity contribution is 7.13. The van der Waals surface area contributed by atoms with Crippen molar-refractivity contribution in [1.29, 1.82) is 0 Å². The van der Waals surface area contributed by atoms with Gasteiger partial charge in [-0.1, -0.05) is 0 Å². The van der Waals surface area contributed by atoms with Gasteiger partial charge < -0.3 is 14.8 Å². The van der Waals surface area contributed by atoms with Crippen LogP contribution in [0.1, 0.15) is 11.5 Å². The van der Waals surface area contributed by atoms with E-state index >= 15 is 0 Å². The van der Waals surface area contributed by atoms with Crippen molar-refractivity contribution in [2.45, 2.75) is 19.4 Å². The lowest BCUT2D eigenvalue weighted by Gasteiger charge is -2.09. The molecular formula is C13H13FN2O4S. The molecule has 2 heterocycles. The monoisotopic (exact) mass is 312 g/mol. The van der Waals surface area contributed by atoms with E-state index in [1.165, 1.54) is 11.3 Å². The number of carboxylic acid groups (broad SMARTS) is 1. The molecule has 0 saturated carbocycles. The summed E-state index contributed by atoms with van der Waals surface area (Å²) in [6.07, 6.45) is -0.111. The van der Waals surface area contributed by atoms with E-state index in [0.29, 0.717) is 16.5 Å². The third-order valence-electron chi connectivity index (χ3n) is 2.63. The maximum atomic E-state index is 12.4. The van der Waals surface area contributed by atoms with Crippen molar-refractivity contribution < 1.29 is 23.5 Å². The van der Waals surface area contributed by atoms with Gasteiger partial charge in [-0.15, -0.1) is 11.3 Å². The van der Waals surface area contributed by atoms with Crippen molar-refractivity contribution in [3.8, 4) is 10.8 Å². The molecule has 6 nitrogen and oxygen atoms in total. The predicted octanol–water partition coefficient (Wildman–Crippen LogP) is 1.79. The van der Waals surface area contributed by atoms with E-state index in [2.05, 4.69) is 10.3 Å². The van der Waals surface area contributed by atoms with Gasteiger partial charge in [-0.05, 0) is 19.1 Å². The number of aromatic nitrogens is 1. The van der Waals surface area contributed by atoms with Gasteiger partial charge in [-0.25, -0.2) is 14.2 Å². The Kier molecular flexibility index (Phi) is 4.69. The fraction of sp³-hybridized carbons (Fsp3) is 0.308. The quantitative estimate of drug-likeness (QED) is 0.848. The third-order valence-corrected chi connectivity index (χ3v) is 3.54. The van der Waals surface area contributed by atoms with Gasteiger partial charge in [0, 0.05) is 5.38 Å². The first-order valence-corrected chi connectivity index (χ1v) is 6.97. The zero-order valence-corrected chi connectivity index (χ0v) is 11.9. The van der Waals surface area contributed by atoms with Crippen molar-refractivity contribution >= 4 is 23.2 Å². The van der Waals surface area contributed by atoms with Crippen molar-refractivity contribution in [2.24, 2.45) is 0 Å².